The Kier molecular flexibility index (Phi) is 12.2. The molecule has 0 saturated carbocycles. The highest BCUT2D eigenvalue weighted by Gasteiger charge is 2.55. The van der Waals surface area contributed by atoms with Gasteiger partial charge in [-0.15, -0.1) is 0 Å². The molecule has 46 heavy (non-hydrogen) atoms. The van der Waals surface area contributed by atoms with Gasteiger partial charge in [-0.1, -0.05) is 29.8 Å². The van der Waals surface area contributed by atoms with Crippen LogP contribution in [-0.4, -0.2) is 61.1 Å². The van der Waals surface area contributed by atoms with Crippen LogP contribution < -0.4 is 5.32 Å². The Morgan fingerprint density at radius 3 is 1.54 bits per heavy atom. The summed E-state index contributed by atoms with van der Waals surface area (Å²) in [6, 6.07) is 8.52. The highest BCUT2D eigenvalue weighted by atomic mass is 16.7. The van der Waals surface area contributed by atoms with Gasteiger partial charge in [0.15, 0.2) is 24.5 Å². The van der Waals surface area contributed by atoms with Crippen LogP contribution in [0.5, 0.6) is 0 Å². The topological polar surface area (TPSA) is 150 Å². The number of aryl methyl sites for hydroxylation is 1. The first-order chi connectivity index (χ1) is 20.9. The van der Waals surface area contributed by atoms with Crippen LogP contribution in [0.25, 0.3) is 0 Å². The van der Waals surface area contributed by atoms with Gasteiger partial charge in [0.05, 0.1) is 27.7 Å². The number of nitriles is 1. The molecule has 1 saturated heterocycles. The van der Waals surface area contributed by atoms with Crippen LogP contribution in [0.3, 0.4) is 0 Å². The van der Waals surface area contributed by atoms with Crippen LogP contribution in [0.1, 0.15) is 100 Å². The van der Waals surface area contributed by atoms with Crippen molar-refractivity contribution in [3.63, 3.8) is 0 Å². The van der Waals surface area contributed by atoms with Crippen molar-refractivity contribution in [3.05, 3.63) is 35.4 Å². The summed E-state index contributed by atoms with van der Waals surface area (Å²) in [4.78, 5) is 52.9. The van der Waals surface area contributed by atoms with Gasteiger partial charge in [-0.2, -0.15) is 5.26 Å². The third kappa shape index (κ3) is 10.5. The molecular weight excluding hydrogens is 592 g/mol. The highest BCUT2D eigenvalue weighted by molar-refractivity contribution is 5.78. The molecule has 11 heteroatoms. The number of carbonyl (C=O) groups excluding carboxylic acids is 4. The summed E-state index contributed by atoms with van der Waals surface area (Å²) in [5, 5.41) is 13.3. The number of esters is 4. The van der Waals surface area contributed by atoms with E-state index in [1.807, 2.05) is 19.1 Å². The summed E-state index contributed by atoms with van der Waals surface area (Å²) in [5.74, 6) is -2.49. The molecule has 0 amide bonds. The molecule has 0 spiro atoms. The van der Waals surface area contributed by atoms with E-state index in [9.17, 15) is 24.4 Å². The van der Waals surface area contributed by atoms with E-state index in [0.717, 1.165) is 5.56 Å². The number of nitrogens with zero attached hydrogens (tertiary/aromatic N) is 1. The van der Waals surface area contributed by atoms with Crippen LogP contribution in [0.15, 0.2) is 24.3 Å². The molecule has 2 rings (SSSR count). The molecule has 1 heterocycles. The second-order valence-electron chi connectivity index (χ2n) is 15.9. The Balaban J connectivity index is 2.75. The quantitative estimate of drug-likeness (QED) is 0.289. The number of hydrogen-bond acceptors (Lipinski definition) is 11. The molecule has 3 unspecified atom stereocenters. The number of rotatable bonds is 8. The summed E-state index contributed by atoms with van der Waals surface area (Å²) < 4.78 is 30.0. The maximum absolute atomic E-state index is 13.4. The molecule has 0 radical (unpaired) electrons. The number of nitrogens with one attached hydrogen (secondary N) is 1. The average Bonchev–Trinajstić information content (AvgIpc) is 2.91. The largest absolute Gasteiger partial charge is 0.462 e. The molecular formula is C35H52N2O9. The van der Waals surface area contributed by atoms with Crippen LogP contribution >= 0.6 is 0 Å². The van der Waals surface area contributed by atoms with Crippen molar-refractivity contribution in [2.45, 2.75) is 127 Å². The number of ether oxygens (including phenoxy) is 5. The molecule has 1 fully saturated rings. The Labute approximate surface area is 273 Å². The zero-order chi connectivity index (χ0) is 35.4. The van der Waals surface area contributed by atoms with E-state index in [1.165, 1.54) is 0 Å². The highest BCUT2D eigenvalue weighted by Crippen LogP contribution is 2.34. The monoisotopic (exact) mass is 644 g/mol. The van der Waals surface area contributed by atoms with Gasteiger partial charge in [-0.05, 0) is 95.6 Å². The van der Waals surface area contributed by atoms with Crippen molar-refractivity contribution < 1.29 is 42.9 Å². The molecule has 0 aliphatic carbocycles. The van der Waals surface area contributed by atoms with Crippen LogP contribution in [0.2, 0.25) is 0 Å². The van der Waals surface area contributed by atoms with Gasteiger partial charge in [0.2, 0.25) is 0 Å². The Morgan fingerprint density at radius 2 is 1.13 bits per heavy atom. The van der Waals surface area contributed by atoms with E-state index in [4.69, 9.17) is 23.7 Å². The Bertz CT molecular complexity index is 1290. The molecule has 0 bridgehead atoms. The number of hydrogen-bond donors (Lipinski definition) is 1. The molecule has 256 valence electrons. The Morgan fingerprint density at radius 1 is 0.717 bits per heavy atom. The predicted octanol–water partition coefficient (Wildman–Crippen LogP) is 5.34. The van der Waals surface area contributed by atoms with Crippen molar-refractivity contribution in [1.29, 1.82) is 5.26 Å². The van der Waals surface area contributed by atoms with E-state index in [-0.39, 0.29) is 6.61 Å². The smallest absolute Gasteiger partial charge is 0.311 e. The van der Waals surface area contributed by atoms with Gasteiger partial charge >= 0.3 is 23.9 Å². The maximum Gasteiger partial charge on any atom is 0.311 e. The summed E-state index contributed by atoms with van der Waals surface area (Å²) in [7, 11) is 0. The van der Waals surface area contributed by atoms with Gasteiger partial charge in [0.25, 0.3) is 0 Å². The summed E-state index contributed by atoms with van der Waals surface area (Å²) in [5.41, 5.74) is -2.21. The van der Waals surface area contributed by atoms with E-state index in [1.54, 1.807) is 95.2 Å². The molecule has 1 aromatic rings. The normalized spacial score (nSPS) is 23.0. The van der Waals surface area contributed by atoms with Crippen molar-refractivity contribution >= 4 is 23.9 Å². The maximum atomic E-state index is 13.4. The lowest BCUT2D eigenvalue weighted by molar-refractivity contribution is -0.265. The van der Waals surface area contributed by atoms with Gasteiger partial charge in [0.1, 0.15) is 18.8 Å². The van der Waals surface area contributed by atoms with Gasteiger partial charge < -0.3 is 23.7 Å². The minimum Gasteiger partial charge on any atom is -0.462 e. The summed E-state index contributed by atoms with van der Waals surface area (Å²) in [6.45, 7) is 21.5. The number of benzene rings is 1. The van der Waals surface area contributed by atoms with Crippen LogP contribution in [0.4, 0.5) is 0 Å². The van der Waals surface area contributed by atoms with E-state index in [2.05, 4.69) is 11.4 Å². The van der Waals surface area contributed by atoms with Crippen LogP contribution in [-0.2, 0) is 42.9 Å². The standard InChI is InChI=1S/C35H52N2O9/c1-20-14-16-21(17-15-20)22(18-36)37-27-26(46-31(41)35(11,12)13)25(45-30(40)34(8,9)10)24(44-29(39)33(5,6)7)23(43-27)19-42-28(38)32(2,3)4/h14-17,22-27,37H,19H2,1-13H3/t22?,23?,24-,25-,26?,27-/m1/s1. The predicted molar refractivity (Wildman–Crippen MR) is 170 cm³/mol. The summed E-state index contributed by atoms with van der Waals surface area (Å²) >= 11 is 0. The summed E-state index contributed by atoms with van der Waals surface area (Å²) in [6.07, 6.45) is -6.60. The zero-order valence-electron chi connectivity index (χ0n) is 29.6. The van der Waals surface area contributed by atoms with Gasteiger partial charge in [-0.3, -0.25) is 24.5 Å². The zero-order valence-corrected chi connectivity index (χ0v) is 29.6. The molecule has 1 N–H and O–H groups in total. The first kappa shape index (κ1) is 38.7. The SMILES string of the molecule is Cc1ccc(C(C#N)N[C@@H]2OC(COC(=O)C(C)(C)C)[C@@H](OC(=O)C(C)(C)C)[C@@H](OC(=O)C(C)(C)C)C2OC(=O)C(C)(C)C)cc1. The number of carbonyl (C=O) groups is 4. The van der Waals surface area contributed by atoms with Gasteiger partial charge in [0, 0.05) is 0 Å². The third-order valence-electron chi connectivity index (χ3n) is 7.06. The second-order valence-corrected chi connectivity index (χ2v) is 15.9. The Hall–Kier alpha value is -3.49. The fourth-order valence-electron chi connectivity index (χ4n) is 3.99. The van der Waals surface area contributed by atoms with Crippen molar-refractivity contribution in [2.24, 2.45) is 21.7 Å². The third-order valence-corrected chi connectivity index (χ3v) is 7.06. The molecule has 11 nitrogen and oxygen atoms in total. The first-order valence-electron chi connectivity index (χ1n) is 15.5. The first-order valence-corrected chi connectivity index (χ1v) is 15.5. The lowest BCUT2D eigenvalue weighted by Gasteiger charge is -2.46. The van der Waals surface area contributed by atoms with E-state index >= 15 is 0 Å². The van der Waals surface area contributed by atoms with Crippen molar-refractivity contribution in [1.82, 2.24) is 5.32 Å². The fraction of sp³-hybridized carbons (Fsp3) is 0.686. The molecule has 0 aromatic heterocycles. The lowest BCUT2D eigenvalue weighted by atomic mass is 9.92. The minimum absolute atomic E-state index is 0.387. The van der Waals surface area contributed by atoms with Crippen molar-refractivity contribution in [3.8, 4) is 6.07 Å². The minimum atomic E-state index is -1.41. The second kappa shape index (κ2) is 14.5. The fourth-order valence-corrected chi connectivity index (χ4v) is 3.99. The van der Waals surface area contributed by atoms with Crippen LogP contribution in [0, 0.1) is 39.9 Å². The van der Waals surface area contributed by atoms with E-state index in [0.29, 0.717) is 5.56 Å². The van der Waals surface area contributed by atoms with Crippen molar-refractivity contribution in [2.75, 3.05) is 6.61 Å². The molecule has 6 atom stereocenters. The molecule has 1 aliphatic heterocycles. The molecule has 1 aliphatic rings. The van der Waals surface area contributed by atoms with E-state index < -0.39 is 82.2 Å². The van der Waals surface area contributed by atoms with Gasteiger partial charge in [-0.25, -0.2) is 0 Å². The average molecular weight is 645 g/mol. The molecule has 1 aromatic carbocycles. The lowest BCUT2D eigenvalue weighted by Crippen LogP contribution is -2.66.